The highest BCUT2D eigenvalue weighted by atomic mass is 16.5. The Bertz CT molecular complexity index is 430. The van der Waals surface area contributed by atoms with E-state index in [4.69, 9.17) is 4.74 Å². The number of ether oxygens (including phenoxy) is 1. The third-order valence-electron chi connectivity index (χ3n) is 3.05. The van der Waals surface area contributed by atoms with Crippen LogP contribution in [0.25, 0.3) is 0 Å². The van der Waals surface area contributed by atoms with E-state index in [9.17, 15) is 4.79 Å². The van der Waals surface area contributed by atoms with Crippen molar-refractivity contribution in [2.45, 2.75) is 26.4 Å². The van der Waals surface area contributed by atoms with Crippen LogP contribution < -0.4 is 4.74 Å². The molecule has 0 saturated carbocycles. The Kier molecular flexibility index (Phi) is 4.03. The van der Waals surface area contributed by atoms with Crippen LogP contribution >= 0.6 is 0 Å². The van der Waals surface area contributed by atoms with Gasteiger partial charge in [0.15, 0.2) is 0 Å². The Labute approximate surface area is 108 Å². The molecule has 0 aromatic heterocycles. The van der Waals surface area contributed by atoms with Crippen LogP contribution in [0.15, 0.2) is 36.4 Å². The SMILES string of the molecule is C/C=C/CC(=O)N1CC(Oc2ccc(C)cc2)C1. The highest BCUT2D eigenvalue weighted by molar-refractivity contribution is 5.78. The molecule has 0 radical (unpaired) electrons. The molecule has 0 unspecified atom stereocenters. The molecule has 1 fully saturated rings. The van der Waals surface area contributed by atoms with Crippen molar-refractivity contribution in [2.24, 2.45) is 0 Å². The number of carbonyl (C=O) groups excluding carboxylic acids is 1. The summed E-state index contributed by atoms with van der Waals surface area (Å²) < 4.78 is 5.78. The van der Waals surface area contributed by atoms with Crippen LogP contribution in [0.5, 0.6) is 5.75 Å². The van der Waals surface area contributed by atoms with Crippen LogP contribution in [0.3, 0.4) is 0 Å². The summed E-state index contributed by atoms with van der Waals surface area (Å²) >= 11 is 0. The number of benzene rings is 1. The lowest BCUT2D eigenvalue weighted by Gasteiger charge is -2.38. The maximum atomic E-state index is 11.6. The van der Waals surface area contributed by atoms with Crippen LogP contribution in [-0.2, 0) is 4.79 Å². The highest BCUT2D eigenvalue weighted by Crippen LogP contribution is 2.19. The summed E-state index contributed by atoms with van der Waals surface area (Å²) in [6.07, 6.45) is 4.42. The second kappa shape index (κ2) is 5.71. The first kappa shape index (κ1) is 12.7. The number of allylic oxidation sites excluding steroid dienone is 1. The molecule has 1 aromatic rings. The van der Waals surface area contributed by atoms with E-state index < -0.39 is 0 Å². The summed E-state index contributed by atoms with van der Waals surface area (Å²) in [5.74, 6) is 1.06. The number of hydrogen-bond donors (Lipinski definition) is 0. The Morgan fingerprint density at radius 3 is 2.67 bits per heavy atom. The Balaban J connectivity index is 1.76. The number of hydrogen-bond acceptors (Lipinski definition) is 2. The minimum atomic E-state index is 0.141. The number of nitrogens with zero attached hydrogens (tertiary/aromatic N) is 1. The topological polar surface area (TPSA) is 29.5 Å². The quantitative estimate of drug-likeness (QED) is 0.763. The molecule has 3 nitrogen and oxygen atoms in total. The molecule has 0 atom stereocenters. The van der Waals surface area contributed by atoms with Gasteiger partial charge in [0.05, 0.1) is 13.1 Å². The molecule has 0 aliphatic carbocycles. The normalized spacial score (nSPS) is 15.8. The van der Waals surface area contributed by atoms with E-state index in [0.717, 1.165) is 5.75 Å². The summed E-state index contributed by atoms with van der Waals surface area (Å²) in [5, 5.41) is 0. The summed E-state index contributed by atoms with van der Waals surface area (Å²) in [6.45, 7) is 5.37. The Morgan fingerprint density at radius 1 is 1.39 bits per heavy atom. The second-order valence-corrected chi connectivity index (χ2v) is 4.62. The van der Waals surface area contributed by atoms with Crippen molar-refractivity contribution in [1.29, 1.82) is 0 Å². The number of rotatable bonds is 4. The maximum Gasteiger partial charge on any atom is 0.226 e. The fourth-order valence-electron chi connectivity index (χ4n) is 1.87. The first-order chi connectivity index (χ1) is 8.69. The molecule has 18 heavy (non-hydrogen) atoms. The van der Waals surface area contributed by atoms with E-state index in [2.05, 4.69) is 6.92 Å². The molecule has 0 N–H and O–H groups in total. The molecule has 1 aliphatic heterocycles. The summed E-state index contributed by atoms with van der Waals surface area (Å²) in [6, 6.07) is 8.01. The van der Waals surface area contributed by atoms with Crippen molar-refractivity contribution in [3.05, 3.63) is 42.0 Å². The van der Waals surface area contributed by atoms with E-state index >= 15 is 0 Å². The molecule has 2 rings (SSSR count). The largest absolute Gasteiger partial charge is 0.487 e. The molecular formula is C15H19NO2. The molecule has 0 bridgehead atoms. The van der Waals surface area contributed by atoms with Gasteiger partial charge in [-0.3, -0.25) is 4.79 Å². The van der Waals surface area contributed by atoms with E-state index in [0.29, 0.717) is 19.5 Å². The van der Waals surface area contributed by atoms with Gasteiger partial charge in [0.25, 0.3) is 0 Å². The zero-order valence-electron chi connectivity index (χ0n) is 10.9. The van der Waals surface area contributed by atoms with Gasteiger partial charge in [0.1, 0.15) is 11.9 Å². The molecule has 1 heterocycles. The van der Waals surface area contributed by atoms with Crippen LogP contribution in [0.2, 0.25) is 0 Å². The molecule has 3 heteroatoms. The van der Waals surface area contributed by atoms with Crippen molar-refractivity contribution in [3.63, 3.8) is 0 Å². The summed E-state index contributed by atoms with van der Waals surface area (Å²) in [5.41, 5.74) is 1.22. The van der Waals surface area contributed by atoms with Gasteiger partial charge in [-0.2, -0.15) is 0 Å². The van der Waals surface area contributed by atoms with E-state index in [1.165, 1.54) is 5.56 Å². The zero-order chi connectivity index (χ0) is 13.0. The second-order valence-electron chi connectivity index (χ2n) is 4.62. The van der Waals surface area contributed by atoms with Gasteiger partial charge in [-0.1, -0.05) is 29.8 Å². The van der Waals surface area contributed by atoms with Gasteiger partial charge in [-0.05, 0) is 26.0 Å². The Morgan fingerprint density at radius 2 is 2.06 bits per heavy atom. The average molecular weight is 245 g/mol. The molecular weight excluding hydrogens is 226 g/mol. The minimum absolute atomic E-state index is 0.141. The number of likely N-dealkylation sites (tertiary alicyclic amines) is 1. The molecule has 1 aliphatic rings. The number of amides is 1. The standard InChI is InChI=1S/C15H19NO2/c1-3-4-5-15(17)16-10-14(11-16)18-13-8-6-12(2)7-9-13/h3-4,6-9,14H,5,10-11H2,1-2H3/b4-3+. The average Bonchev–Trinajstić information content (AvgIpc) is 2.32. The van der Waals surface area contributed by atoms with Crippen LogP contribution in [0.1, 0.15) is 18.9 Å². The molecule has 96 valence electrons. The van der Waals surface area contributed by atoms with Gasteiger partial charge in [0.2, 0.25) is 5.91 Å². The number of aryl methyl sites for hydroxylation is 1. The summed E-state index contributed by atoms with van der Waals surface area (Å²) in [7, 11) is 0. The highest BCUT2D eigenvalue weighted by Gasteiger charge is 2.31. The lowest BCUT2D eigenvalue weighted by Crippen LogP contribution is -2.56. The number of carbonyl (C=O) groups is 1. The predicted molar refractivity (Wildman–Crippen MR) is 71.6 cm³/mol. The molecule has 0 spiro atoms. The van der Waals surface area contributed by atoms with Crippen LogP contribution in [0, 0.1) is 6.92 Å². The van der Waals surface area contributed by atoms with E-state index in [-0.39, 0.29) is 12.0 Å². The monoisotopic (exact) mass is 245 g/mol. The van der Waals surface area contributed by atoms with E-state index in [1.807, 2.05) is 48.2 Å². The summed E-state index contributed by atoms with van der Waals surface area (Å²) in [4.78, 5) is 13.5. The third kappa shape index (κ3) is 3.13. The minimum Gasteiger partial charge on any atom is -0.487 e. The molecule has 1 aromatic carbocycles. The smallest absolute Gasteiger partial charge is 0.226 e. The van der Waals surface area contributed by atoms with Crippen molar-refractivity contribution in [3.8, 4) is 5.75 Å². The van der Waals surface area contributed by atoms with Crippen molar-refractivity contribution >= 4 is 5.91 Å². The molecule has 1 saturated heterocycles. The van der Waals surface area contributed by atoms with Crippen LogP contribution in [-0.4, -0.2) is 30.0 Å². The van der Waals surface area contributed by atoms with Crippen molar-refractivity contribution in [2.75, 3.05) is 13.1 Å². The van der Waals surface area contributed by atoms with Crippen molar-refractivity contribution < 1.29 is 9.53 Å². The fourth-order valence-corrected chi connectivity index (χ4v) is 1.87. The van der Waals surface area contributed by atoms with Gasteiger partial charge in [0, 0.05) is 6.42 Å². The van der Waals surface area contributed by atoms with Crippen molar-refractivity contribution in [1.82, 2.24) is 4.90 Å². The maximum absolute atomic E-state index is 11.6. The zero-order valence-corrected chi connectivity index (χ0v) is 10.9. The predicted octanol–water partition coefficient (Wildman–Crippen LogP) is 2.55. The third-order valence-corrected chi connectivity index (χ3v) is 3.05. The van der Waals surface area contributed by atoms with Gasteiger partial charge >= 0.3 is 0 Å². The lowest BCUT2D eigenvalue weighted by molar-refractivity contribution is -0.139. The van der Waals surface area contributed by atoms with E-state index in [1.54, 1.807) is 0 Å². The Hall–Kier alpha value is -1.77. The fraction of sp³-hybridized carbons (Fsp3) is 0.400. The first-order valence-corrected chi connectivity index (χ1v) is 6.31. The van der Waals surface area contributed by atoms with Gasteiger partial charge in [-0.15, -0.1) is 0 Å². The van der Waals surface area contributed by atoms with Gasteiger partial charge in [-0.25, -0.2) is 0 Å². The van der Waals surface area contributed by atoms with Crippen LogP contribution in [0.4, 0.5) is 0 Å². The lowest BCUT2D eigenvalue weighted by atomic mass is 10.1. The van der Waals surface area contributed by atoms with Gasteiger partial charge < -0.3 is 9.64 Å². The first-order valence-electron chi connectivity index (χ1n) is 6.31. The molecule has 1 amide bonds.